The van der Waals surface area contributed by atoms with Gasteiger partial charge in [0.15, 0.2) is 0 Å². The van der Waals surface area contributed by atoms with E-state index in [4.69, 9.17) is 4.84 Å². The largest absolute Gasteiger partial charge is 0.341 e. The van der Waals surface area contributed by atoms with Crippen molar-refractivity contribution in [3.63, 3.8) is 0 Å². The monoisotopic (exact) mass is 457 g/mol. The summed E-state index contributed by atoms with van der Waals surface area (Å²) in [5, 5.41) is 4.39. The molecule has 0 saturated carbocycles. The predicted octanol–water partition coefficient (Wildman–Crippen LogP) is 3.23. The zero-order valence-corrected chi connectivity index (χ0v) is 18.9. The summed E-state index contributed by atoms with van der Waals surface area (Å²) in [4.78, 5) is 23.7. The number of likely N-dealkylation sites (tertiary alicyclic amines) is 1. The van der Waals surface area contributed by atoms with E-state index in [1.54, 1.807) is 12.3 Å². The van der Waals surface area contributed by atoms with Gasteiger partial charge in [-0.25, -0.2) is 19.2 Å². The number of aromatic nitrogens is 2. The number of amides is 1. The Balaban J connectivity index is 1.61. The normalized spacial score (nSPS) is 16.5. The zero-order valence-electron chi connectivity index (χ0n) is 18.9. The van der Waals surface area contributed by atoms with Crippen LogP contribution < -0.4 is 10.8 Å². The molecule has 1 fully saturated rings. The number of nitrogens with one attached hydrogen (secondary N) is 2. The fraction of sp³-hybridized carbons (Fsp3) is 0.417. The van der Waals surface area contributed by atoms with E-state index in [0.29, 0.717) is 18.2 Å². The first-order valence-corrected chi connectivity index (χ1v) is 11.2. The Morgan fingerprint density at radius 3 is 2.88 bits per heavy atom. The quantitative estimate of drug-likeness (QED) is 0.483. The van der Waals surface area contributed by atoms with Gasteiger partial charge < -0.3 is 9.88 Å². The second-order valence-corrected chi connectivity index (χ2v) is 8.30. The number of likely N-dealkylation sites (N-methyl/N-ethyl adjacent to an activating group) is 1. The van der Waals surface area contributed by atoms with Crippen LogP contribution in [-0.4, -0.2) is 53.1 Å². The second-order valence-electron chi connectivity index (χ2n) is 8.30. The van der Waals surface area contributed by atoms with Gasteiger partial charge in [0, 0.05) is 42.3 Å². The molecule has 1 aliphatic rings. The molecule has 7 nitrogen and oxygen atoms in total. The number of benzene rings is 1. The highest BCUT2D eigenvalue weighted by Gasteiger charge is 2.22. The van der Waals surface area contributed by atoms with E-state index in [1.165, 1.54) is 32.1 Å². The number of rotatable bonds is 9. The lowest BCUT2D eigenvalue weighted by atomic mass is 10.1. The van der Waals surface area contributed by atoms with Gasteiger partial charge in [0.05, 0.1) is 25.4 Å². The number of fused-ring (bicyclic) bond motifs is 1. The number of hydrogen-bond acceptors (Lipinski definition) is 5. The van der Waals surface area contributed by atoms with Crippen LogP contribution in [0.3, 0.4) is 0 Å². The Morgan fingerprint density at radius 1 is 1.27 bits per heavy atom. The molecular formula is C24H29F2N5O2. The van der Waals surface area contributed by atoms with Crippen LogP contribution in [0.2, 0.25) is 0 Å². The molecule has 33 heavy (non-hydrogen) atoms. The Labute approximate surface area is 191 Å². The Hall–Kier alpha value is -2.88. The van der Waals surface area contributed by atoms with Crippen LogP contribution in [-0.2, 0) is 17.9 Å². The third-order valence-electron chi connectivity index (χ3n) is 6.23. The topological polar surface area (TPSA) is 71.4 Å². The minimum Gasteiger partial charge on any atom is -0.341 e. The van der Waals surface area contributed by atoms with Crippen molar-refractivity contribution >= 4 is 16.8 Å². The average Bonchev–Trinajstić information content (AvgIpc) is 3.40. The summed E-state index contributed by atoms with van der Waals surface area (Å²) in [6.45, 7) is 6.04. The molecule has 2 N–H and O–H groups in total. The van der Waals surface area contributed by atoms with Crippen LogP contribution in [0.15, 0.2) is 36.7 Å². The standard InChI is InChI=1S/C24H29F2N5O2/c1-3-30-8-4-5-19(30)12-27-11-17-15-31(14-16-6-7-18(25)9-21(16)26)23-13-28-22(10-20(17)23)24(32)29-33-2/h6-7,9-10,13,15,19,27H,3-5,8,11-12,14H2,1-2H3,(H,29,32)/t19-/m0/s1. The molecule has 0 aliphatic carbocycles. The molecule has 1 saturated heterocycles. The molecule has 1 amide bonds. The van der Waals surface area contributed by atoms with E-state index in [9.17, 15) is 13.6 Å². The van der Waals surface area contributed by atoms with Crippen LogP contribution in [0, 0.1) is 11.6 Å². The molecule has 3 aromatic rings. The van der Waals surface area contributed by atoms with E-state index >= 15 is 0 Å². The second kappa shape index (κ2) is 10.4. The van der Waals surface area contributed by atoms with Crippen LogP contribution >= 0.6 is 0 Å². The zero-order chi connectivity index (χ0) is 23.4. The molecule has 0 unspecified atom stereocenters. The van der Waals surface area contributed by atoms with Gasteiger partial charge in [0.25, 0.3) is 5.91 Å². The van der Waals surface area contributed by atoms with Gasteiger partial charge in [-0.1, -0.05) is 13.0 Å². The van der Waals surface area contributed by atoms with E-state index < -0.39 is 17.5 Å². The molecular weight excluding hydrogens is 428 g/mol. The van der Waals surface area contributed by atoms with Gasteiger partial charge in [-0.05, 0) is 43.6 Å². The first-order chi connectivity index (χ1) is 16.0. The predicted molar refractivity (Wildman–Crippen MR) is 122 cm³/mol. The summed E-state index contributed by atoms with van der Waals surface area (Å²) in [7, 11) is 1.36. The average molecular weight is 458 g/mol. The molecule has 0 spiro atoms. The van der Waals surface area contributed by atoms with Crippen molar-refractivity contribution in [1.29, 1.82) is 0 Å². The summed E-state index contributed by atoms with van der Waals surface area (Å²) < 4.78 is 29.5. The van der Waals surface area contributed by atoms with Crippen molar-refractivity contribution in [3.8, 4) is 0 Å². The number of hydroxylamine groups is 1. The van der Waals surface area contributed by atoms with E-state index in [2.05, 4.69) is 27.6 Å². The first-order valence-electron chi connectivity index (χ1n) is 11.2. The fourth-order valence-corrected chi connectivity index (χ4v) is 4.55. The molecule has 1 atom stereocenters. The molecule has 1 aliphatic heterocycles. The Bertz CT molecular complexity index is 1130. The highest BCUT2D eigenvalue weighted by atomic mass is 19.1. The summed E-state index contributed by atoms with van der Waals surface area (Å²) in [5.41, 5.74) is 4.62. The van der Waals surface area contributed by atoms with Crippen molar-refractivity contribution in [1.82, 2.24) is 25.2 Å². The molecule has 176 valence electrons. The molecule has 0 bridgehead atoms. The number of halogens is 2. The summed E-state index contributed by atoms with van der Waals surface area (Å²) in [6.07, 6.45) is 5.93. The van der Waals surface area contributed by atoms with Crippen LogP contribution in [0.5, 0.6) is 0 Å². The van der Waals surface area contributed by atoms with Crippen LogP contribution in [0.25, 0.3) is 10.9 Å². The molecule has 0 radical (unpaired) electrons. The third kappa shape index (κ3) is 5.21. The lowest BCUT2D eigenvalue weighted by Gasteiger charge is -2.22. The van der Waals surface area contributed by atoms with Crippen LogP contribution in [0.4, 0.5) is 8.78 Å². The van der Waals surface area contributed by atoms with Crippen molar-refractivity contribution in [2.75, 3.05) is 26.7 Å². The highest BCUT2D eigenvalue weighted by molar-refractivity contribution is 5.96. The molecule has 9 heteroatoms. The van der Waals surface area contributed by atoms with E-state index in [1.807, 2.05) is 10.8 Å². The minimum atomic E-state index is -0.609. The smallest absolute Gasteiger partial charge is 0.293 e. The number of carbonyl (C=O) groups excluding carboxylic acids is 1. The maximum absolute atomic E-state index is 14.3. The summed E-state index contributed by atoms with van der Waals surface area (Å²) in [6, 6.07) is 5.81. The van der Waals surface area contributed by atoms with Gasteiger partial charge in [0.2, 0.25) is 0 Å². The van der Waals surface area contributed by atoms with Gasteiger partial charge in [0.1, 0.15) is 17.3 Å². The third-order valence-corrected chi connectivity index (χ3v) is 6.23. The van der Waals surface area contributed by atoms with Crippen molar-refractivity contribution in [2.45, 2.75) is 38.9 Å². The van der Waals surface area contributed by atoms with Gasteiger partial charge in [-0.3, -0.25) is 14.5 Å². The molecule has 4 rings (SSSR count). The summed E-state index contributed by atoms with van der Waals surface area (Å²) >= 11 is 0. The van der Waals surface area contributed by atoms with E-state index in [-0.39, 0.29) is 12.2 Å². The number of hydrogen-bond donors (Lipinski definition) is 2. The van der Waals surface area contributed by atoms with Crippen molar-refractivity contribution < 1.29 is 18.4 Å². The fourth-order valence-electron chi connectivity index (χ4n) is 4.55. The molecule has 2 aromatic heterocycles. The van der Waals surface area contributed by atoms with Crippen molar-refractivity contribution in [2.24, 2.45) is 0 Å². The molecule has 1 aromatic carbocycles. The van der Waals surface area contributed by atoms with Gasteiger partial charge >= 0.3 is 0 Å². The van der Waals surface area contributed by atoms with Gasteiger partial charge in [-0.15, -0.1) is 0 Å². The maximum Gasteiger partial charge on any atom is 0.293 e. The number of nitrogens with zero attached hydrogens (tertiary/aromatic N) is 3. The van der Waals surface area contributed by atoms with Crippen molar-refractivity contribution in [3.05, 3.63) is 65.1 Å². The SMILES string of the molecule is CCN1CCC[C@H]1CNCc1cn(Cc2ccc(F)cc2F)c2cnc(C(=O)NOC)cc12. The van der Waals surface area contributed by atoms with Gasteiger partial charge in [-0.2, -0.15) is 0 Å². The number of pyridine rings is 1. The lowest BCUT2D eigenvalue weighted by Crippen LogP contribution is -2.37. The molecule has 3 heterocycles. The maximum atomic E-state index is 14.3. The Kier molecular flexibility index (Phi) is 7.32. The van der Waals surface area contributed by atoms with Crippen LogP contribution in [0.1, 0.15) is 41.4 Å². The highest BCUT2D eigenvalue weighted by Crippen LogP contribution is 2.24. The summed E-state index contributed by atoms with van der Waals surface area (Å²) in [5.74, 6) is -1.65. The van der Waals surface area contributed by atoms with E-state index in [0.717, 1.165) is 42.2 Å². The number of carbonyl (C=O) groups is 1. The Morgan fingerprint density at radius 2 is 2.12 bits per heavy atom. The minimum absolute atomic E-state index is 0.222. The first kappa shape index (κ1) is 23.3. The lowest BCUT2D eigenvalue weighted by molar-refractivity contribution is 0.0532.